The molecule has 0 aliphatic carbocycles. The lowest BCUT2D eigenvalue weighted by molar-refractivity contribution is -0.114. The minimum absolute atomic E-state index is 0.110. The summed E-state index contributed by atoms with van der Waals surface area (Å²) in [5.74, 6) is -0.280. The van der Waals surface area contributed by atoms with E-state index in [1.165, 1.54) is 0 Å². The molecule has 0 bridgehead atoms. The van der Waals surface area contributed by atoms with Gasteiger partial charge in [0, 0.05) is 30.1 Å². The third-order valence-corrected chi connectivity index (χ3v) is 4.60. The minimum atomic E-state index is -0.141. The third-order valence-electron chi connectivity index (χ3n) is 4.60. The number of carbonyl (C=O) groups is 2. The molecule has 0 saturated carbocycles. The van der Waals surface area contributed by atoms with Gasteiger partial charge in [-0.3, -0.25) is 9.59 Å². The van der Waals surface area contributed by atoms with E-state index in [9.17, 15) is 9.59 Å². The lowest BCUT2D eigenvalue weighted by atomic mass is 10.1. The molecular weight excluding hydrogens is 354 g/mol. The van der Waals surface area contributed by atoms with Crippen molar-refractivity contribution >= 4 is 23.2 Å². The fraction of sp³-hybridized carbons (Fsp3) is 0.364. The summed E-state index contributed by atoms with van der Waals surface area (Å²) < 4.78 is 5.52. The van der Waals surface area contributed by atoms with Crippen LogP contribution >= 0.6 is 0 Å². The zero-order chi connectivity index (χ0) is 19.9. The molecule has 1 saturated heterocycles. The summed E-state index contributed by atoms with van der Waals surface area (Å²) in [5.41, 5.74) is 4.26. The molecular formula is C22H27N3O3. The predicted molar refractivity (Wildman–Crippen MR) is 111 cm³/mol. The van der Waals surface area contributed by atoms with Crippen LogP contribution in [0.5, 0.6) is 0 Å². The van der Waals surface area contributed by atoms with Crippen LogP contribution in [0.1, 0.15) is 34.3 Å². The lowest BCUT2D eigenvalue weighted by Crippen LogP contribution is -2.31. The van der Waals surface area contributed by atoms with Crippen LogP contribution in [0, 0.1) is 13.8 Å². The smallest absolute Gasteiger partial charge is 0.251 e. The summed E-state index contributed by atoms with van der Waals surface area (Å²) in [6.45, 7) is 5.40. The molecule has 3 N–H and O–H groups in total. The molecule has 1 fully saturated rings. The van der Waals surface area contributed by atoms with Gasteiger partial charge in [-0.05, 0) is 68.1 Å². The molecule has 1 aliphatic heterocycles. The third kappa shape index (κ3) is 5.82. The molecule has 148 valence electrons. The van der Waals surface area contributed by atoms with E-state index < -0.39 is 0 Å². The highest BCUT2D eigenvalue weighted by molar-refractivity contribution is 5.96. The SMILES string of the molecule is Cc1cc(C)cc(NC(=O)CNc2cccc(C(=O)NCC3CCCO3)c2)c1. The molecule has 2 amide bonds. The summed E-state index contributed by atoms with van der Waals surface area (Å²) >= 11 is 0. The number of hydrogen-bond donors (Lipinski definition) is 3. The normalized spacial score (nSPS) is 15.9. The van der Waals surface area contributed by atoms with Crippen LogP contribution in [0.2, 0.25) is 0 Å². The van der Waals surface area contributed by atoms with Crippen molar-refractivity contribution in [3.05, 3.63) is 59.2 Å². The number of rotatable bonds is 7. The Morgan fingerprint density at radius 2 is 1.86 bits per heavy atom. The van der Waals surface area contributed by atoms with E-state index in [4.69, 9.17) is 4.74 Å². The largest absolute Gasteiger partial charge is 0.376 e. The number of benzene rings is 2. The molecule has 2 aromatic carbocycles. The Bertz CT molecular complexity index is 824. The van der Waals surface area contributed by atoms with E-state index >= 15 is 0 Å². The fourth-order valence-corrected chi connectivity index (χ4v) is 3.32. The number of ether oxygens (including phenoxy) is 1. The highest BCUT2D eigenvalue weighted by atomic mass is 16.5. The minimum Gasteiger partial charge on any atom is -0.376 e. The van der Waals surface area contributed by atoms with Crippen LogP contribution in [0.15, 0.2) is 42.5 Å². The number of anilines is 2. The van der Waals surface area contributed by atoms with Crippen LogP contribution < -0.4 is 16.0 Å². The van der Waals surface area contributed by atoms with E-state index in [2.05, 4.69) is 22.0 Å². The maximum absolute atomic E-state index is 12.3. The van der Waals surface area contributed by atoms with E-state index in [1.54, 1.807) is 18.2 Å². The Kier molecular flexibility index (Phi) is 6.66. The summed E-state index contributed by atoms with van der Waals surface area (Å²) in [6.07, 6.45) is 2.14. The highest BCUT2D eigenvalue weighted by Gasteiger charge is 2.16. The van der Waals surface area contributed by atoms with E-state index in [0.29, 0.717) is 12.1 Å². The van der Waals surface area contributed by atoms with Gasteiger partial charge in [0.2, 0.25) is 5.91 Å². The van der Waals surface area contributed by atoms with Gasteiger partial charge >= 0.3 is 0 Å². The molecule has 0 radical (unpaired) electrons. The maximum atomic E-state index is 12.3. The monoisotopic (exact) mass is 381 g/mol. The van der Waals surface area contributed by atoms with E-state index in [-0.39, 0.29) is 24.5 Å². The summed E-state index contributed by atoms with van der Waals surface area (Å²) in [4.78, 5) is 24.5. The lowest BCUT2D eigenvalue weighted by Gasteiger charge is -2.12. The molecule has 6 heteroatoms. The van der Waals surface area contributed by atoms with E-state index in [0.717, 1.165) is 42.0 Å². The molecule has 0 spiro atoms. The first kappa shape index (κ1) is 19.9. The van der Waals surface area contributed by atoms with Gasteiger partial charge in [-0.1, -0.05) is 12.1 Å². The molecule has 6 nitrogen and oxygen atoms in total. The van der Waals surface area contributed by atoms with Crippen molar-refractivity contribution in [1.29, 1.82) is 0 Å². The Hall–Kier alpha value is -2.86. The highest BCUT2D eigenvalue weighted by Crippen LogP contribution is 2.15. The Balaban J connectivity index is 1.50. The average Bonchev–Trinajstić information content (AvgIpc) is 3.17. The fourth-order valence-electron chi connectivity index (χ4n) is 3.32. The second kappa shape index (κ2) is 9.37. The van der Waals surface area contributed by atoms with Gasteiger partial charge in [0.1, 0.15) is 0 Å². The van der Waals surface area contributed by atoms with Crippen molar-refractivity contribution in [1.82, 2.24) is 5.32 Å². The molecule has 1 aliphatic rings. The quantitative estimate of drug-likeness (QED) is 0.688. The van der Waals surface area contributed by atoms with Crippen molar-refractivity contribution in [2.24, 2.45) is 0 Å². The van der Waals surface area contributed by atoms with Crippen LogP contribution in [0.3, 0.4) is 0 Å². The Morgan fingerprint density at radius 3 is 2.57 bits per heavy atom. The summed E-state index contributed by atoms with van der Waals surface area (Å²) in [7, 11) is 0. The molecule has 1 unspecified atom stereocenters. The van der Waals surface area contributed by atoms with Crippen molar-refractivity contribution in [3.63, 3.8) is 0 Å². The van der Waals surface area contributed by atoms with Gasteiger partial charge in [0.15, 0.2) is 0 Å². The predicted octanol–water partition coefficient (Wildman–Crippen LogP) is 3.26. The van der Waals surface area contributed by atoms with Gasteiger partial charge in [0.05, 0.1) is 12.6 Å². The standard InChI is InChI=1S/C22H27N3O3/c1-15-9-16(2)11-19(10-15)25-21(26)14-23-18-6-3-5-17(12-18)22(27)24-13-20-7-4-8-28-20/h3,5-6,9-12,20,23H,4,7-8,13-14H2,1-2H3,(H,24,27)(H,25,26). The van der Waals surface area contributed by atoms with Crippen LogP contribution in [-0.4, -0.2) is 37.6 Å². The second-order valence-corrected chi connectivity index (χ2v) is 7.20. The molecule has 2 aromatic rings. The number of carbonyl (C=O) groups excluding carboxylic acids is 2. The van der Waals surface area contributed by atoms with Gasteiger partial charge in [-0.15, -0.1) is 0 Å². The molecule has 1 atom stereocenters. The Labute approximate surface area is 165 Å². The van der Waals surface area contributed by atoms with Crippen LogP contribution in [-0.2, 0) is 9.53 Å². The summed E-state index contributed by atoms with van der Waals surface area (Å²) in [6, 6.07) is 13.1. The second-order valence-electron chi connectivity index (χ2n) is 7.20. The van der Waals surface area contributed by atoms with Gasteiger partial charge in [-0.2, -0.15) is 0 Å². The van der Waals surface area contributed by atoms with E-state index in [1.807, 2.05) is 32.0 Å². The molecule has 3 rings (SSSR count). The van der Waals surface area contributed by atoms with Crippen molar-refractivity contribution in [2.45, 2.75) is 32.8 Å². The van der Waals surface area contributed by atoms with Crippen LogP contribution in [0.25, 0.3) is 0 Å². The zero-order valence-corrected chi connectivity index (χ0v) is 16.4. The first-order valence-electron chi connectivity index (χ1n) is 9.61. The Morgan fingerprint density at radius 1 is 1.07 bits per heavy atom. The first-order chi connectivity index (χ1) is 13.5. The van der Waals surface area contributed by atoms with Gasteiger partial charge < -0.3 is 20.7 Å². The van der Waals surface area contributed by atoms with Crippen molar-refractivity contribution < 1.29 is 14.3 Å². The van der Waals surface area contributed by atoms with Gasteiger partial charge in [0.25, 0.3) is 5.91 Å². The topological polar surface area (TPSA) is 79.5 Å². The number of amides is 2. The van der Waals surface area contributed by atoms with Crippen molar-refractivity contribution in [3.8, 4) is 0 Å². The van der Waals surface area contributed by atoms with Crippen LogP contribution in [0.4, 0.5) is 11.4 Å². The number of nitrogens with one attached hydrogen (secondary N) is 3. The molecule has 1 heterocycles. The molecule has 0 aromatic heterocycles. The number of aryl methyl sites for hydroxylation is 2. The first-order valence-corrected chi connectivity index (χ1v) is 9.61. The average molecular weight is 381 g/mol. The van der Waals surface area contributed by atoms with Crippen molar-refractivity contribution in [2.75, 3.05) is 30.3 Å². The zero-order valence-electron chi connectivity index (χ0n) is 16.4. The maximum Gasteiger partial charge on any atom is 0.251 e. The number of hydrogen-bond acceptors (Lipinski definition) is 4. The molecule has 28 heavy (non-hydrogen) atoms. The summed E-state index contributed by atoms with van der Waals surface area (Å²) in [5, 5.41) is 8.86. The van der Waals surface area contributed by atoms with Gasteiger partial charge in [-0.25, -0.2) is 0 Å².